The van der Waals surface area contributed by atoms with E-state index in [1.54, 1.807) is 12.1 Å². The van der Waals surface area contributed by atoms with Gasteiger partial charge < -0.3 is 5.32 Å². The van der Waals surface area contributed by atoms with Crippen LogP contribution in [-0.4, -0.2) is 17.5 Å². The molecule has 16 heavy (non-hydrogen) atoms. The Labute approximate surface area is 105 Å². The van der Waals surface area contributed by atoms with Crippen molar-refractivity contribution in [3.63, 3.8) is 0 Å². The first-order valence-corrected chi connectivity index (χ1v) is 6.99. The SMILES string of the molecule is CC(NC1CCSC1)c1ccc(F)c(Cl)c1. The van der Waals surface area contributed by atoms with Crippen molar-refractivity contribution >= 4 is 23.4 Å². The van der Waals surface area contributed by atoms with Crippen molar-refractivity contribution in [3.05, 3.63) is 34.6 Å². The van der Waals surface area contributed by atoms with E-state index in [0.29, 0.717) is 6.04 Å². The lowest BCUT2D eigenvalue weighted by molar-refractivity contribution is 0.485. The fourth-order valence-electron chi connectivity index (χ4n) is 1.90. The van der Waals surface area contributed by atoms with E-state index in [2.05, 4.69) is 12.2 Å². The van der Waals surface area contributed by atoms with Crippen LogP contribution in [0.15, 0.2) is 18.2 Å². The summed E-state index contributed by atoms with van der Waals surface area (Å²) in [5.41, 5.74) is 1.04. The lowest BCUT2D eigenvalue weighted by atomic mass is 10.1. The first kappa shape index (κ1) is 12.2. The normalized spacial score (nSPS) is 22.3. The highest BCUT2D eigenvalue weighted by Gasteiger charge is 2.18. The number of thioether (sulfide) groups is 1. The van der Waals surface area contributed by atoms with Crippen LogP contribution in [-0.2, 0) is 0 Å². The summed E-state index contributed by atoms with van der Waals surface area (Å²) < 4.78 is 13.0. The quantitative estimate of drug-likeness (QED) is 0.890. The van der Waals surface area contributed by atoms with E-state index in [4.69, 9.17) is 11.6 Å². The molecule has 1 aromatic rings. The smallest absolute Gasteiger partial charge is 0.141 e. The summed E-state index contributed by atoms with van der Waals surface area (Å²) in [5, 5.41) is 3.74. The minimum absolute atomic E-state index is 0.201. The van der Waals surface area contributed by atoms with Gasteiger partial charge in [0, 0.05) is 17.8 Å². The highest BCUT2D eigenvalue weighted by molar-refractivity contribution is 7.99. The van der Waals surface area contributed by atoms with E-state index in [-0.39, 0.29) is 16.9 Å². The third kappa shape index (κ3) is 2.90. The van der Waals surface area contributed by atoms with Gasteiger partial charge in [0.2, 0.25) is 0 Å². The molecule has 0 radical (unpaired) electrons. The molecule has 1 heterocycles. The number of hydrogen-bond acceptors (Lipinski definition) is 2. The molecule has 1 aliphatic rings. The molecule has 2 rings (SSSR count). The number of benzene rings is 1. The first-order chi connectivity index (χ1) is 7.66. The third-order valence-corrected chi connectivity index (χ3v) is 4.31. The van der Waals surface area contributed by atoms with Gasteiger partial charge in [-0.25, -0.2) is 4.39 Å². The minimum atomic E-state index is -0.353. The standard InChI is InChI=1S/C12H15ClFNS/c1-8(15-10-4-5-16-7-10)9-2-3-12(14)11(13)6-9/h2-3,6,8,10,15H,4-5,7H2,1H3. The summed E-state index contributed by atoms with van der Waals surface area (Å²) in [6.45, 7) is 2.09. The summed E-state index contributed by atoms with van der Waals surface area (Å²) in [6.07, 6.45) is 1.21. The largest absolute Gasteiger partial charge is 0.307 e. The Balaban J connectivity index is 2.02. The van der Waals surface area contributed by atoms with Crippen molar-refractivity contribution in [2.45, 2.75) is 25.4 Å². The van der Waals surface area contributed by atoms with Crippen molar-refractivity contribution < 1.29 is 4.39 Å². The molecule has 4 heteroatoms. The van der Waals surface area contributed by atoms with Gasteiger partial charge in [-0.15, -0.1) is 0 Å². The summed E-state index contributed by atoms with van der Waals surface area (Å²) >= 11 is 7.74. The second kappa shape index (κ2) is 5.39. The van der Waals surface area contributed by atoms with Gasteiger partial charge in [0.1, 0.15) is 5.82 Å². The molecule has 0 aromatic heterocycles. The molecule has 1 aromatic carbocycles. The van der Waals surface area contributed by atoms with Gasteiger partial charge in [-0.1, -0.05) is 17.7 Å². The maximum Gasteiger partial charge on any atom is 0.141 e. The maximum absolute atomic E-state index is 13.0. The van der Waals surface area contributed by atoms with Gasteiger partial charge in [-0.05, 0) is 36.8 Å². The summed E-state index contributed by atoms with van der Waals surface area (Å²) in [4.78, 5) is 0. The Hall–Kier alpha value is -0.250. The Bertz CT molecular complexity index is 366. The molecule has 2 unspecified atom stereocenters. The van der Waals surface area contributed by atoms with Crippen molar-refractivity contribution in [2.75, 3.05) is 11.5 Å². The average molecular weight is 260 g/mol. The summed E-state index contributed by atoms with van der Waals surface area (Å²) in [7, 11) is 0. The molecular formula is C12H15ClFNS. The zero-order chi connectivity index (χ0) is 11.5. The van der Waals surface area contributed by atoms with Crippen molar-refractivity contribution in [3.8, 4) is 0 Å². The van der Waals surface area contributed by atoms with E-state index < -0.39 is 0 Å². The van der Waals surface area contributed by atoms with Crippen molar-refractivity contribution in [2.24, 2.45) is 0 Å². The van der Waals surface area contributed by atoms with E-state index in [1.165, 1.54) is 24.0 Å². The Morgan fingerprint density at radius 1 is 1.56 bits per heavy atom. The maximum atomic E-state index is 13.0. The van der Waals surface area contributed by atoms with Crippen LogP contribution in [0.25, 0.3) is 0 Å². The molecule has 0 amide bonds. The number of rotatable bonds is 3. The molecule has 0 bridgehead atoms. The monoisotopic (exact) mass is 259 g/mol. The van der Waals surface area contributed by atoms with Gasteiger partial charge in [-0.3, -0.25) is 0 Å². The average Bonchev–Trinajstić information content (AvgIpc) is 2.74. The Kier molecular flexibility index (Phi) is 4.11. The fourth-order valence-corrected chi connectivity index (χ4v) is 3.25. The lowest BCUT2D eigenvalue weighted by Crippen LogP contribution is -2.31. The van der Waals surface area contributed by atoms with Gasteiger partial charge in [0.05, 0.1) is 5.02 Å². The first-order valence-electron chi connectivity index (χ1n) is 5.45. The highest BCUT2D eigenvalue weighted by Crippen LogP contribution is 2.24. The van der Waals surface area contributed by atoms with Gasteiger partial charge in [-0.2, -0.15) is 11.8 Å². The van der Waals surface area contributed by atoms with E-state index >= 15 is 0 Å². The van der Waals surface area contributed by atoms with Crippen LogP contribution in [0.2, 0.25) is 5.02 Å². The van der Waals surface area contributed by atoms with Crippen LogP contribution < -0.4 is 5.32 Å². The molecule has 1 fully saturated rings. The molecule has 1 aliphatic heterocycles. The Morgan fingerprint density at radius 3 is 3.00 bits per heavy atom. The number of hydrogen-bond donors (Lipinski definition) is 1. The molecule has 0 spiro atoms. The second-order valence-electron chi connectivity index (χ2n) is 4.12. The van der Waals surface area contributed by atoms with Crippen LogP contribution >= 0.6 is 23.4 Å². The van der Waals surface area contributed by atoms with Crippen LogP contribution in [0.1, 0.15) is 24.9 Å². The zero-order valence-corrected chi connectivity index (χ0v) is 10.7. The van der Waals surface area contributed by atoms with Crippen LogP contribution in [0.5, 0.6) is 0 Å². The van der Waals surface area contributed by atoms with Crippen LogP contribution in [0.3, 0.4) is 0 Å². The number of nitrogens with one attached hydrogen (secondary N) is 1. The molecule has 1 N–H and O–H groups in total. The minimum Gasteiger partial charge on any atom is -0.307 e. The second-order valence-corrected chi connectivity index (χ2v) is 5.68. The highest BCUT2D eigenvalue weighted by atomic mass is 35.5. The molecule has 0 aliphatic carbocycles. The van der Waals surface area contributed by atoms with Crippen molar-refractivity contribution in [1.29, 1.82) is 0 Å². The van der Waals surface area contributed by atoms with Crippen LogP contribution in [0, 0.1) is 5.82 Å². The zero-order valence-electron chi connectivity index (χ0n) is 9.17. The van der Waals surface area contributed by atoms with Crippen LogP contribution in [0.4, 0.5) is 4.39 Å². The molecule has 1 nitrogen and oxygen atoms in total. The number of halogens is 2. The topological polar surface area (TPSA) is 12.0 Å². The van der Waals surface area contributed by atoms with Gasteiger partial charge in [0.15, 0.2) is 0 Å². The molecule has 0 saturated carbocycles. The predicted molar refractivity (Wildman–Crippen MR) is 68.7 cm³/mol. The fraction of sp³-hybridized carbons (Fsp3) is 0.500. The summed E-state index contributed by atoms with van der Waals surface area (Å²) in [6, 6.07) is 5.72. The van der Waals surface area contributed by atoms with E-state index in [9.17, 15) is 4.39 Å². The van der Waals surface area contributed by atoms with Gasteiger partial charge in [0.25, 0.3) is 0 Å². The Morgan fingerprint density at radius 2 is 2.38 bits per heavy atom. The summed E-state index contributed by atoms with van der Waals surface area (Å²) in [5.74, 6) is 2.04. The van der Waals surface area contributed by atoms with Gasteiger partial charge >= 0.3 is 0 Å². The van der Waals surface area contributed by atoms with Crippen molar-refractivity contribution in [1.82, 2.24) is 5.32 Å². The molecule has 2 atom stereocenters. The predicted octanol–water partition coefficient (Wildman–Crippen LogP) is 3.64. The third-order valence-electron chi connectivity index (χ3n) is 2.86. The lowest BCUT2D eigenvalue weighted by Gasteiger charge is -2.19. The molecule has 88 valence electrons. The van der Waals surface area contributed by atoms with E-state index in [0.717, 1.165) is 5.56 Å². The molecule has 1 saturated heterocycles. The molecular weight excluding hydrogens is 245 g/mol. The van der Waals surface area contributed by atoms with E-state index in [1.807, 2.05) is 11.8 Å².